The number of carbonyl (C=O) groups excluding carboxylic acids is 9. The molecule has 4 rings (SSSR count). The minimum absolute atomic E-state index is 0.0946. The zero-order chi connectivity index (χ0) is 74.4. The van der Waals surface area contributed by atoms with E-state index in [0.29, 0.717) is 36.9 Å². The summed E-state index contributed by atoms with van der Waals surface area (Å²) in [6.45, 7) is 15.7. The van der Waals surface area contributed by atoms with Crippen LogP contribution in [0.3, 0.4) is 0 Å². The number of nitrogens with zero attached hydrogens (tertiary/aromatic N) is 3. The highest BCUT2D eigenvalue weighted by molar-refractivity contribution is 5.99. The van der Waals surface area contributed by atoms with E-state index in [1.807, 2.05) is 19.9 Å². The van der Waals surface area contributed by atoms with Crippen LogP contribution in [-0.4, -0.2) is 244 Å². The van der Waals surface area contributed by atoms with Gasteiger partial charge >= 0.3 is 18.0 Å². The Bertz CT molecular complexity index is 3040. The average Bonchev–Trinajstić information content (AvgIpc) is 1.79. The van der Waals surface area contributed by atoms with Gasteiger partial charge in [0.15, 0.2) is 12.4 Å². The summed E-state index contributed by atoms with van der Waals surface area (Å²) in [5.41, 5.74) is 1.13. The summed E-state index contributed by atoms with van der Waals surface area (Å²) in [5, 5.41) is 75.9. The number of nitrogens with one attached hydrogen (secondary N) is 6. The number of rotatable bonds is 37. The molecule has 0 aromatic heterocycles. The molecular weight excluding hydrogens is 1280 g/mol. The Morgan fingerprint density at radius 2 is 1.36 bits per heavy atom. The van der Waals surface area contributed by atoms with Crippen molar-refractivity contribution < 1.29 is 108 Å². The van der Waals surface area contributed by atoms with Gasteiger partial charge in [0.2, 0.25) is 47.3 Å². The SMILES string of the molecule is [3H]C(CC(=O)O)C(=O)NCC(=O)N[C@H](C(=O)N[C@@H](CO[C@@H]1O[C@H](C(=O)O)[C@@H](O)[C@H](O)[C@H]1O)C(=O)Nc1ccc(COC(=O)N(C)[C@H](C(=O)N[C@H](C(=O)N(C)[C@@H]([C@@H](C)CC)[C@@H](CC(=O)N2CCC[C@H]2[C@H](OC)[C@@H](C)C(=O)N[C@H](C)[C@@H](O)c2ccccc2)OC)C(C)C)C(C)C)cc1)C(C)C. The number of benzene rings is 2. The van der Waals surface area contributed by atoms with Gasteiger partial charge in [0.1, 0.15) is 49.1 Å². The quantitative estimate of drug-likeness (QED) is 0.0449. The van der Waals surface area contributed by atoms with Gasteiger partial charge in [0.25, 0.3) is 0 Å². The summed E-state index contributed by atoms with van der Waals surface area (Å²) in [4.78, 5) is 151. The molecule has 0 spiro atoms. The zero-order valence-electron chi connectivity index (χ0n) is 59.2. The van der Waals surface area contributed by atoms with Crippen molar-refractivity contribution in [1.29, 1.82) is 0 Å². The first-order chi connectivity index (χ1) is 46.5. The lowest BCUT2D eigenvalue weighted by atomic mass is 9.89. The van der Waals surface area contributed by atoms with Crippen LogP contribution in [0.4, 0.5) is 10.5 Å². The molecule has 2 aliphatic rings. The van der Waals surface area contributed by atoms with Crippen LogP contribution in [0.5, 0.6) is 0 Å². The average molecular weight is 1390 g/mol. The number of carbonyl (C=O) groups is 11. The zero-order valence-corrected chi connectivity index (χ0v) is 58.2. The first kappa shape index (κ1) is 80.8. The fraction of sp³-hybridized carbons (Fsp3) is 0.657. The van der Waals surface area contributed by atoms with Gasteiger partial charge < -0.3 is 96.0 Å². The molecule has 0 aliphatic carbocycles. The van der Waals surface area contributed by atoms with Crippen molar-refractivity contribution in [1.82, 2.24) is 41.3 Å². The Morgan fingerprint density at radius 1 is 0.724 bits per heavy atom. The van der Waals surface area contributed by atoms with E-state index in [9.17, 15) is 78.3 Å². The van der Waals surface area contributed by atoms with Gasteiger partial charge in [-0.05, 0) is 66.7 Å². The maximum absolute atomic E-state index is 14.8. The Hall–Kier alpha value is -7.91. The van der Waals surface area contributed by atoms with Crippen molar-refractivity contribution in [2.45, 2.75) is 206 Å². The summed E-state index contributed by atoms with van der Waals surface area (Å²) in [6.07, 6.45) is -14.6. The Labute approximate surface area is 573 Å². The molecule has 0 radical (unpaired) electrons. The van der Waals surface area contributed by atoms with Gasteiger partial charge in [-0.15, -0.1) is 0 Å². The molecule has 2 heterocycles. The van der Waals surface area contributed by atoms with Crippen molar-refractivity contribution in [2.24, 2.45) is 29.6 Å². The van der Waals surface area contributed by atoms with Gasteiger partial charge in [-0.1, -0.05) is 111 Å². The molecule has 9 amide bonds. The summed E-state index contributed by atoms with van der Waals surface area (Å²) in [5.74, 6) is -11.5. The van der Waals surface area contributed by atoms with E-state index in [1.54, 1.807) is 77.8 Å². The molecule has 2 fully saturated rings. The molecular formula is C67H103N9O22. The predicted octanol–water partition coefficient (Wildman–Crippen LogP) is 1.03. The smallest absolute Gasteiger partial charge is 0.410 e. The predicted molar refractivity (Wildman–Crippen MR) is 352 cm³/mol. The molecule has 548 valence electrons. The Balaban J connectivity index is 1.45. The first-order valence-corrected chi connectivity index (χ1v) is 32.8. The number of hydrogen-bond donors (Lipinski definition) is 12. The van der Waals surface area contributed by atoms with Crippen LogP contribution >= 0.6 is 0 Å². The molecule has 1 unspecified atom stereocenters. The molecule has 2 aromatic rings. The topological polar surface area (TPSA) is 437 Å². The van der Waals surface area contributed by atoms with E-state index in [2.05, 4.69) is 31.9 Å². The summed E-state index contributed by atoms with van der Waals surface area (Å²) in [7, 11) is 5.92. The molecule has 31 heteroatoms. The summed E-state index contributed by atoms with van der Waals surface area (Å²) in [6, 6.07) is 7.49. The minimum Gasteiger partial charge on any atom is -0.481 e. The Morgan fingerprint density at radius 3 is 1.92 bits per heavy atom. The van der Waals surface area contributed by atoms with Crippen molar-refractivity contribution in [3.8, 4) is 0 Å². The van der Waals surface area contributed by atoms with E-state index < -0.39 is 194 Å². The molecule has 2 aliphatic heterocycles. The van der Waals surface area contributed by atoms with E-state index in [4.69, 9.17) is 30.2 Å². The number of aliphatic carboxylic acids is 2. The van der Waals surface area contributed by atoms with Crippen molar-refractivity contribution >= 4 is 71.0 Å². The highest BCUT2D eigenvalue weighted by Crippen LogP contribution is 2.31. The van der Waals surface area contributed by atoms with E-state index in [-0.39, 0.29) is 36.4 Å². The fourth-order valence-electron chi connectivity index (χ4n) is 11.9. The molecule has 18 atom stereocenters. The number of aliphatic hydroxyl groups excluding tert-OH is 4. The van der Waals surface area contributed by atoms with Gasteiger partial charge in [-0.3, -0.25) is 48.1 Å². The minimum atomic E-state index is -2.09. The second kappa shape index (κ2) is 39.0. The fourth-order valence-corrected chi connectivity index (χ4v) is 11.9. The highest BCUT2D eigenvalue weighted by Gasteiger charge is 2.49. The van der Waals surface area contributed by atoms with Crippen LogP contribution in [0.15, 0.2) is 54.6 Å². The number of likely N-dealkylation sites (tertiary alicyclic amines) is 1. The lowest BCUT2D eigenvalue weighted by Gasteiger charge is -2.41. The van der Waals surface area contributed by atoms with Gasteiger partial charge in [-0.25, -0.2) is 9.59 Å². The van der Waals surface area contributed by atoms with Crippen molar-refractivity contribution in [3.05, 3.63) is 65.7 Å². The monoisotopic (exact) mass is 1390 g/mol. The lowest BCUT2D eigenvalue weighted by Crippen LogP contribution is -2.61. The molecule has 2 saturated heterocycles. The van der Waals surface area contributed by atoms with Crippen LogP contribution in [0.2, 0.25) is 0 Å². The summed E-state index contributed by atoms with van der Waals surface area (Å²) < 4.78 is 36.0. The molecule has 31 nitrogen and oxygen atoms in total. The molecule has 0 bridgehead atoms. The molecule has 0 saturated carbocycles. The van der Waals surface area contributed by atoms with Crippen LogP contribution in [0.25, 0.3) is 0 Å². The van der Waals surface area contributed by atoms with Crippen LogP contribution in [0.1, 0.15) is 126 Å². The van der Waals surface area contributed by atoms with Crippen LogP contribution in [-0.2, 0) is 78.2 Å². The molecule has 12 N–H and O–H groups in total. The Kier molecular flexibility index (Phi) is 32.2. The first-order valence-electron chi connectivity index (χ1n) is 33.4. The summed E-state index contributed by atoms with van der Waals surface area (Å²) >= 11 is 0. The second-order valence-electron chi connectivity index (χ2n) is 26.0. The maximum atomic E-state index is 14.8. The molecule has 2 aromatic carbocycles. The van der Waals surface area contributed by atoms with Gasteiger partial charge in [-0.2, -0.15) is 0 Å². The third kappa shape index (κ3) is 23.1. The number of amides is 9. The number of carboxylic acids is 2. The normalized spacial score (nSPS) is 21.6. The lowest BCUT2D eigenvalue weighted by molar-refractivity contribution is -0.294. The largest absolute Gasteiger partial charge is 0.481 e. The van der Waals surface area contributed by atoms with E-state index in [0.717, 1.165) is 4.90 Å². The van der Waals surface area contributed by atoms with Crippen molar-refractivity contribution in [2.75, 3.05) is 53.3 Å². The number of likely N-dealkylation sites (N-methyl/N-ethyl adjacent to an activating group) is 2. The van der Waals surface area contributed by atoms with Crippen LogP contribution < -0.4 is 31.9 Å². The second-order valence-corrected chi connectivity index (χ2v) is 26.0. The molecule has 98 heavy (non-hydrogen) atoms. The number of methoxy groups -OCH3 is 2. The van der Waals surface area contributed by atoms with Gasteiger partial charge in [0, 0.05) is 48.3 Å². The standard InChI is InChI=1S/C67H103N9O22/c1-15-37(8)53(45(94-13)30-48(79)76-29-19-22-44(76)58(95-14)38(9)60(86)69-39(10)54(82)41-20-17-16-18-21-41)74(11)64(90)51(35(4)5)73-63(89)52(36(6)7)75(12)67(93)97-32-40-23-25-42(26-24-40)70-61(87)43(33-96-66-57(85)55(83)56(84)59(98-66)65(91)92)71-62(88)50(34(2)3)72-47(78)31-68-46(77)27-28-49(80)81/h16-18,20-21,23-26,34-39,43-45,50-59,66,82-85H,15,19,22,27-33H2,1-14H3,(H,68,77)(H,69,86)(H,70,87)(H,71,88)(H,72,78)(H,73,89)(H,80,81)(H,91,92)/t37-,38+,39+,43-,44-,45+,50-,51-,52-,53-,54+,55-,56-,57+,58+,59-,66+/m0/s1/i27T/t27?,37-,38+,39+,43-,44-,45+,50-,51-,52-,53-,54+,55-,56-,57+,58+,59-,66+. The highest BCUT2D eigenvalue weighted by atomic mass is 16.7. The number of ether oxygens (including phenoxy) is 5. The number of hydrogen-bond acceptors (Lipinski definition) is 20. The van der Waals surface area contributed by atoms with Crippen LogP contribution in [0, 0.1) is 29.6 Å². The van der Waals surface area contributed by atoms with E-state index >= 15 is 0 Å². The number of carboxylic acid groups (broad SMARTS) is 2. The number of aliphatic hydroxyl groups is 4. The van der Waals surface area contributed by atoms with E-state index in [1.165, 1.54) is 64.3 Å². The van der Waals surface area contributed by atoms with Gasteiger partial charge in [0.05, 0.1) is 68.3 Å². The number of anilines is 1. The third-order valence-corrected chi connectivity index (χ3v) is 17.7. The van der Waals surface area contributed by atoms with Crippen molar-refractivity contribution in [3.63, 3.8) is 0 Å². The maximum Gasteiger partial charge on any atom is 0.410 e. The third-order valence-electron chi connectivity index (χ3n) is 17.7.